The summed E-state index contributed by atoms with van der Waals surface area (Å²) in [6.45, 7) is 13.3. The average molecular weight is 567 g/mol. The Hall–Kier alpha value is -2.10. The van der Waals surface area contributed by atoms with Crippen molar-refractivity contribution in [3.8, 4) is 0 Å². The van der Waals surface area contributed by atoms with E-state index >= 15 is 0 Å². The third kappa shape index (κ3) is 5.43. The maximum absolute atomic E-state index is 12.9. The molecule has 4 fully saturated rings. The van der Waals surface area contributed by atoms with Crippen LogP contribution in [0.25, 0.3) is 0 Å². The normalized spacial score (nSPS) is 28.9. The summed E-state index contributed by atoms with van der Waals surface area (Å²) < 4.78 is 7.04. The molecule has 36 heavy (non-hydrogen) atoms. The summed E-state index contributed by atoms with van der Waals surface area (Å²) in [6.07, 6.45) is 5.29. The van der Waals surface area contributed by atoms with Gasteiger partial charge in [-0.3, -0.25) is 9.59 Å². The minimum absolute atomic E-state index is 0.125. The van der Waals surface area contributed by atoms with E-state index in [0.717, 1.165) is 23.9 Å². The number of nitrogens with one attached hydrogen (secondary N) is 2. The van der Waals surface area contributed by atoms with E-state index in [1.54, 1.807) is 11.1 Å². The Balaban J connectivity index is 1.32. The van der Waals surface area contributed by atoms with Crippen molar-refractivity contribution < 1.29 is 14.3 Å². The summed E-state index contributed by atoms with van der Waals surface area (Å²) in [6, 6.07) is 0.179. The van der Waals surface area contributed by atoms with Gasteiger partial charge in [-0.2, -0.15) is 5.10 Å². The Morgan fingerprint density at radius 3 is 2.64 bits per heavy atom. The quantitative estimate of drug-likeness (QED) is 0.540. The van der Waals surface area contributed by atoms with Crippen molar-refractivity contribution in [3.05, 3.63) is 21.0 Å². The Kier molecular flexibility index (Phi) is 7.48. The summed E-state index contributed by atoms with van der Waals surface area (Å²) in [4.78, 5) is 39.7. The van der Waals surface area contributed by atoms with E-state index in [2.05, 4.69) is 52.4 Å². The lowest BCUT2D eigenvalue weighted by Crippen LogP contribution is -2.58. The molecule has 9 nitrogen and oxygen atoms in total. The molecule has 1 aliphatic heterocycles. The minimum atomic E-state index is -0.569. The zero-order chi connectivity index (χ0) is 26.4. The molecule has 2 amide bonds. The monoisotopic (exact) mass is 565 g/mol. The van der Waals surface area contributed by atoms with Crippen LogP contribution in [0, 0.1) is 23.2 Å². The number of likely N-dealkylation sites (tertiary alicyclic amines) is 1. The number of fused-ring (bicyclic) bond motifs is 2. The van der Waals surface area contributed by atoms with Crippen LogP contribution in [0.5, 0.6) is 0 Å². The molecule has 200 valence electrons. The molecule has 1 aromatic heterocycles. The van der Waals surface area contributed by atoms with Crippen LogP contribution in [0.1, 0.15) is 67.2 Å². The van der Waals surface area contributed by atoms with Gasteiger partial charge in [0.05, 0.1) is 17.9 Å². The molecule has 0 radical (unpaired) electrons. The highest BCUT2D eigenvalue weighted by molar-refractivity contribution is 9.10. The van der Waals surface area contributed by atoms with Gasteiger partial charge < -0.3 is 20.3 Å². The number of carbonyl (C=O) groups excluding carboxylic acids is 2. The van der Waals surface area contributed by atoms with Crippen molar-refractivity contribution >= 4 is 33.6 Å². The standard InChI is InChI=1S/C26H40BrN5O4/c1-15-18-10-16(26(18,5)6)11-19(15)30-20-13-29-32(23(34)22(20)27)14-21(33)28-12-17-8-7-9-31(17)24(35)36-25(2,3)4/h13,15-19,30H,7-12,14H2,1-6H3,(H,28,33)/t15-,16+,17-,18-,19-/m1/s1. The second-order valence-electron chi connectivity index (χ2n) is 12.3. The lowest BCUT2D eigenvalue weighted by molar-refractivity contribution is -0.122. The zero-order valence-corrected chi connectivity index (χ0v) is 23.9. The van der Waals surface area contributed by atoms with E-state index in [0.29, 0.717) is 52.5 Å². The van der Waals surface area contributed by atoms with Gasteiger partial charge in [0.15, 0.2) is 0 Å². The smallest absolute Gasteiger partial charge is 0.410 e. The molecule has 3 aliphatic carbocycles. The largest absolute Gasteiger partial charge is 0.444 e. The first-order chi connectivity index (χ1) is 16.8. The highest BCUT2D eigenvalue weighted by Gasteiger charge is 2.56. The topological polar surface area (TPSA) is 106 Å². The minimum Gasteiger partial charge on any atom is -0.444 e. The summed E-state index contributed by atoms with van der Waals surface area (Å²) >= 11 is 3.43. The maximum atomic E-state index is 12.9. The second-order valence-corrected chi connectivity index (χ2v) is 13.1. The summed E-state index contributed by atoms with van der Waals surface area (Å²) in [5.41, 5.74) is 0.152. The molecular weight excluding hydrogens is 526 g/mol. The number of aromatic nitrogens is 2. The molecule has 2 N–H and O–H groups in total. The number of anilines is 1. The first-order valence-corrected chi connectivity index (χ1v) is 13.9. The summed E-state index contributed by atoms with van der Waals surface area (Å²) in [7, 11) is 0. The van der Waals surface area contributed by atoms with Gasteiger partial charge in [-0.05, 0) is 85.6 Å². The molecule has 1 aromatic rings. The van der Waals surface area contributed by atoms with Crippen LogP contribution in [-0.2, 0) is 16.1 Å². The molecular formula is C26H40BrN5O4. The SMILES string of the molecule is C[C@@H]1[C@H]2C[C@@H](C[C@H]1Nc1cnn(CC(=O)NC[C@H]3CCCN3C(=O)OC(C)(C)C)c(=O)c1Br)C2(C)C. The first kappa shape index (κ1) is 26.9. The molecule has 3 saturated carbocycles. The molecule has 0 spiro atoms. The van der Waals surface area contributed by atoms with E-state index in [9.17, 15) is 14.4 Å². The Morgan fingerprint density at radius 2 is 2.00 bits per heavy atom. The average Bonchev–Trinajstić information content (AvgIpc) is 3.26. The number of hydrogen-bond acceptors (Lipinski definition) is 6. The fourth-order valence-corrected chi connectivity index (χ4v) is 6.67. The van der Waals surface area contributed by atoms with Gasteiger partial charge in [0.2, 0.25) is 5.91 Å². The maximum Gasteiger partial charge on any atom is 0.410 e. The number of rotatable bonds is 6. The molecule has 2 bridgehead atoms. The van der Waals surface area contributed by atoms with Crippen molar-refractivity contribution in [1.29, 1.82) is 0 Å². The Bertz CT molecular complexity index is 1070. The molecule has 5 rings (SSSR count). The van der Waals surface area contributed by atoms with Gasteiger partial charge in [0, 0.05) is 19.1 Å². The van der Waals surface area contributed by atoms with Crippen molar-refractivity contribution in [2.75, 3.05) is 18.4 Å². The summed E-state index contributed by atoms with van der Waals surface area (Å²) in [5.74, 6) is 1.59. The Labute approximate surface area is 221 Å². The van der Waals surface area contributed by atoms with E-state index in [4.69, 9.17) is 4.74 Å². The number of halogens is 1. The van der Waals surface area contributed by atoms with Crippen LogP contribution < -0.4 is 16.2 Å². The predicted octanol–water partition coefficient (Wildman–Crippen LogP) is 4.00. The third-order valence-electron chi connectivity index (χ3n) is 8.51. The highest BCUT2D eigenvalue weighted by Crippen LogP contribution is 2.61. The van der Waals surface area contributed by atoms with Gasteiger partial charge in [0.25, 0.3) is 5.56 Å². The van der Waals surface area contributed by atoms with Gasteiger partial charge in [-0.15, -0.1) is 0 Å². The lowest BCUT2D eigenvalue weighted by Gasteiger charge is -2.62. The fraction of sp³-hybridized carbons (Fsp3) is 0.769. The number of nitrogens with zero attached hydrogens (tertiary/aromatic N) is 3. The molecule has 1 saturated heterocycles. The molecule has 10 heteroatoms. The third-order valence-corrected chi connectivity index (χ3v) is 9.28. The van der Waals surface area contributed by atoms with E-state index in [-0.39, 0.29) is 30.1 Å². The van der Waals surface area contributed by atoms with E-state index in [1.807, 2.05) is 20.8 Å². The van der Waals surface area contributed by atoms with E-state index in [1.165, 1.54) is 6.42 Å². The van der Waals surface area contributed by atoms with Gasteiger partial charge >= 0.3 is 6.09 Å². The number of ether oxygens (including phenoxy) is 1. The summed E-state index contributed by atoms with van der Waals surface area (Å²) in [5, 5.41) is 10.6. The lowest BCUT2D eigenvalue weighted by atomic mass is 9.45. The second kappa shape index (κ2) is 9.99. The zero-order valence-electron chi connectivity index (χ0n) is 22.3. The molecule has 2 heterocycles. The van der Waals surface area contributed by atoms with Gasteiger partial charge in [-0.25, -0.2) is 9.48 Å². The Morgan fingerprint density at radius 1 is 1.28 bits per heavy atom. The van der Waals surface area contributed by atoms with Crippen molar-refractivity contribution in [2.24, 2.45) is 23.2 Å². The number of hydrogen-bond donors (Lipinski definition) is 2. The van der Waals surface area contributed by atoms with Crippen LogP contribution in [0.2, 0.25) is 0 Å². The molecule has 0 unspecified atom stereocenters. The van der Waals surface area contributed by atoms with Crippen LogP contribution in [0.3, 0.4) is 0 Å². The predicted molar refractivity (Wildman–Crippen MR) is 142 cm³/mol. The van der Waals surface area contributed by atoms with Crippen LogP contribution >= 0.6 is 15.9 Å². The molecule has 4 aliphatic rings. The molecule has 5 atom stereocenters. The molecule has 0 aromatic carbocycles. The van der Waals surface area contributed by atoms with Crippen LogP contribution in [0.15, 0.2) is 15.5 Å². The fourth-order valence-electron chi connectivity index (χ4n) is 6.25. The van der Waals surface area contributed by atoms with Crippen LogP contribution in [-0.4, -0.2) is 57.5 Å². The first-order valence-electron chi connectivity index (χ1n) is 13.1. The van der Waals surface area contributed by atoms with E-state index < -0.39 is 5.60 Å². The van der Waals surface area contributed by atoms with Crippen molar-refractivity contribution in [2.45, 2.75) is 91.5 Å². The van der Waals surface area contributed by atoms with Crippen molar-refractivity contribution in [1.82, 2.24) is 20.0 Å². The van der Waals surface area contributed by atoms with Crippen molar-refractivity contribution in [3.63, 3.8) is 0 Å². The van der Waals surface area contributed by atoms with Gasteiger partial charge in [0.1, 0.15) is 16.6 Å². The number of amides is 2. The number of carbonyl (C=O) groups is 2. The van der Waals surface area contributed by atoms with Crippen LogP contribution in [0.4, 0.5) is 10.5 Å². The highest BCUT2D eigenvalue weighted by atomic mass is 79.9. The van der Waals surface area contributed by atoms with Gasteiger partial charge in [-0.1, -0.05) is 20.8 Å².